The van der Waals surface area contributed by atoms with Crippen molar-refractivity contribution in [1.82, 2.24) is 5.32 Å². The Balaban J connectivity index is 1.62. The second-order valence-electron chi connectivity index (χ2n) is 12.2. The number of carbonyl (C=O) groups is 1. The predicted molar refractivity (Wildman–Crippen MR) is 122 cm³/mol. The molecule has 2 heterocycles. The molecule has 9 nitrogen and oxygen atoms in total. The Kier molecular flexibility index (Phi) is 5.84. The summed E-state index contributed by atoms with van der Waals surface area (Å²) in [5.41, 5.74) is -0.906. The van der Waals surface area contributed by atoms with Crippen LogP contribution in [0.5, 0.6) is 0 Å². The molecule has 2 aliphatic heterocycles. The van der Waals surface area contributed by atoms with E-state index >= 15 is 0 Å². The lowest BCUT2D eigenvalue weighted by atomic mass is 9.42. The van der Waals surface area contributed by atoms with Crippen LogP contribution in [0.3, 0.4) is 0 Å². The van der Waals surface area contributed by atoms with E-state index in [1.54, 1.807) is 0 Å². The third-order valence-corrected chi connectivity index (χ3v) is 10.6. The largest absolute Gasteiger partial charge is 0.411 e. The molecule has 9 heteroatoms. The summed E-state index contributed by atoms with van der Waals surface area (Å²) in [6.45, 7) is 8.64. The van der Waals surface area contributed by atoms with Crippen molar-refractivity contribution in [3.8, 4) is 0 Å². The summed E-state index contributed by atoms with van der Waals surface area (Å²) in [5, 5.41) is 47.7. The molecule has 0 aromatic carbocycles. The van der Waals surface area contributed by atoms with E-state index in [9.17, 15) is 25.3 Å². The molecule has 5 aliphatic rings. The minimum Gasteiger partial charge on any atom is -0.411 e. The summed E-state index contributed by atoms with van der Waals surface area (Å²) in [7, 11) is 0. The van der Waals surface area contributed by atoms with Gasteiger partial charge in [-0.05, 0) is 37.5 Å². The quantitative estimate of drug-likeness (QED) is 0.303. The van der Waals surface area contributed by atoms with E-state index in [1.807, 2.05) is 0 Å². The molecule has 0 bridgehead atoms. The van der Waals surface area contributed by atoms with E-state index in [0.717, 1.165) is 19.3 Å². The molecule has 5 N–H and O–H groups in total. The van der Waals surface area contributed by atoms with Crippen molar-refractivity contribution in [3.05, 3.63) is 0 Å². The van der Waals surface area contributed by atoms with Gasteiger partial charge >= 0.3 is 0 Å². The summed E-state index contributed by atoms with van der Waals surface area (Å²) in [5.74, 6) is -0.926. The molecule has 0 radical (unpaired) electrons. The number of aliphatic hydroxyl groups is 3. The summed E-state index contributed by atoms with van der Waals surface area (Å²) < 4.78 is 13.2. The lowest BCUT2D eigenvalue weighted by Gasteiger charge is -2.70. The van der Waals surface area contributed by atoms with E-state index in [4.69, 9.17) is 9.47 Å². The normalized spacial score (nSPS) is 52.9. The maximum absolute atomic E-state index is 12.5. The molecule has 5 rings (SSSR count). The summed E-state index contributed by atoms with van der Waals surface area (Å²) in [4.78, 5) is 12.5. The average Bonchev–Trinajstić information content (AvgIpc) is 3.05. The molecule has 34 heavy (non-hydrogen) atoms. The van der Waals surface area contributed by atoms with Crippen molar-refractivity contribution in [2.75, 3.05) is 13.2 Å². The van der Waals surface area contributed by atoms with Crippen LogP contribution in [0.15, 0.2) is 5.16 Å². The van der Waals surface area contributed by atoms with Crippen molar-refractivity contribution >= 4 is 11.6 Å². The molecule has 11 atom stereocenters. The smallest absolute Gasteiger partial charge is 0.225 e. The molecule has 192 valence electrons. The zero-order chi connectivity index (χ0) is 24.6. The standard InChI is InChI=1S/C25H40N2O7/c1-12-5-6-17-23(2,3)20(27-32)16(33-8-7-28)11-25(17)24(12,4)10-14-15(29)9-13-18(19(14)34-25)22(31)26-21(13)30/h12-19,22,28-29,31-32H,5-11H2,1-4H3,(H,26,30). The number of nitrogens with one attached hydrogen (secondary N) is 1. The molecule has 0 aromatic rings. The number of aliphatic hydroxyl groups excluding tert-OH is 3. The fourth-order valence-corrected chi connectivity index (χ4v) is 8.74. The first-order valence-electron chi connectivity index (χ1n) is 12.8. The number of amides is 1. The van der Waals surface area contributed by atoms with Gasteiger partial charge in [-0.25, -0.2) is 0 Å². The number of oxime groups is 1. The Bertz CT molecular complexity index is 864. The molecule has 3 saturated carbocycles. The number of carbonyl (C=O) groups excluding carboxylic acids is 1. The number of hydrogen-bond acceptors (Lipinski definition) is 8. The number of fused-ring (bicyclic) bond motifs is 3. The SMILES string of the molecule is CC1CCC2C(C)(C)C(=NO)C(OCCO)CC23OC2C(CC13C)C(O)CC1C(=O)NC(O)C12. The zero-order valence-corrected chi connectivity index (χ0v) is 20.6. The number of nitrogens with zero attached hydrogens (tertiary/aromatic N) is 1. The van der Waals surface area contributed by atoms with Crippen LogP contribution in [-0.4, -0.2) is 75.5 Å². The van der Waals surface area contributed by atoms with Crippen LogP contribution in [0.1, 0.15) is 59.8 Å². The van der Waals surface area contributed by atoms with Crippen LogP contribution >= 0.6 is 0 Å². The monoisotopic (exact) mass is 480 g/mol. The van der Waals surface area contributed by atoms with Gasteiger partial charge in [-0.3, -0.25) is 4.79 Å². The van der Waals surface area contributed by atoms with Gasteiger partial charge in [0.2, 0.25) is 5.91 Å². The molecule has 0 aromatic heterocycles. The van der Waals surface area contributed by atoms with Crippen molar-refractivity contribution in [3.63, 3.8) is 0 Å². The van der Waals surface area contributed by atoms with Crippen molar-refractivity contribution in [2.45, 2.75) is 89.9 Å². The highest BCUT2D eigenvalue weighted by atomic mass is 16.5. The lowest BCUT2D eigenvalue weighted by molar-refractivity contribution is -0.329. The third-order valence-electron chi connectivity index (χ3n) is 10.6. The Hall–Kier alpha value is -1.26. The minimum absolute atomic E-state index is 0.0294. The summed E-state index contributed by atoms with van der Waals surface area (Å²) in [6.07, 6.45) is 0.773. The van der Waals surface area contributed by atoms with Gasteiger partial charge in [0.1, 0.15) is 12.3 Å². The van der Waals surface area contributed by atoms with Crippen LogP contribution in [0, 0.1) is 40.4 Å². The van der Waals surface area contributed by atoms with Crippen molar-refractivity contribution in [1.29, 1.82) is 0 Å². The first-order valence-corrected chi connectivity index (χ1v) is 12.8. The van der Waals surface area contributed by atoms with Gasteiger partial charge in [-0.15, -0.1) is 0 Å². The highest BCUT2D eigenvalue weighted by Crippen LogP contribution is 2.68. The molecular weight excluding hydrogens is 440 g/mol. The fourth-order valence-electron chi connectivity index (χ4n) is 8.74. The number of ether oxygens (including phenoxy) is 2. The summed E-state index contributed by atoms with van der Waals surface area (Å²) in [6, 6.07) is 0. The molecule has 1 amide bonds. The Morgan fingerprint density at radius 2 is 1.94 bits per heavy atom. The van der Waals surface area contributed by atoms with E-state index in [0.29, 0.717) is 24.5 Å². The maximum Gasteiger partial charge on any atom is 0.225 e. The van der Waals surface area contributed by atoms with Crippen LogP contribution in [-0.2, 0) is 14.3 Å². The van der Waals surface area contributed by atoms with Gasteiger partial charge in [0.25, 0.3) is 0 Å². The van der Waals surface area contributed by atoms with E-state index in [1.165, 1.54) is 0 Å². The predicted octanol–water partition coefficient (Wildman–Crippen LogP) is 1.27. The summed E-state index contributed by atoms with van der Waals surface area (Å²) >= 11 is 0. The topological polar surface area (TPSA) is 141 Å². The van der Waals surface area contributed by atoms with E-state index in [2.05, 4.69) is 38.2 Å². The zero-order valence-electron chi connectivity index (χ0n) is 20.6. The van der Waals surface area contributed by atoms with Crippen LogP contribution in [0.2, 0.25) is 0 Å². The minimum atomic E-state index is -0.995. The molecule has 3 aliphatic carbocycles. The number of hydrogen-bond donors (Lipinski definition) is 5. The average molecular weight is 481 g/mol. The van der Waals surface area contributed by atoms with Gasteiger partial charge in [0.15, 0.2) is 0 Å². The molecule has 11 unspecified atom stereocenters. The van der Waals surface area contributed by atoms with E-state index < -0.39 is 47.4 Å². The van der Waals surface area contributed by atoms with Gasteiger partial charge < -0.3 is 35.3 Å². The number of rotatable bonds is 3. The second kappa shape index (κ2) is 8.13. The maximum atomic E-state index is 12.5. The highest BCUT2D eigenvalue weighted by molar-refractivity contribution is 5.94. The van der Waals surface area contributed by atoms with Crippen LogP contribution < -0.4 is 5.32 Å². The first kappa shape index (κ1) is 24.4. The van der Waals surface area contributed by atoms with Crippen molar-refractivity contribution in [2.24, 2.45) is 45.6 Å². The fraction of sp³-hybridized carbons (Fsp3) is 0.920. The van der Waals surface area contributed by atoms with Gasteiger partial charge in [-0.2, -0.15) is 0 Å². The second-order valence-corrected chi connectivity index (χ2v) is 12.2. The Morgan fingerprint density at radius 3 is 2.62 bits per heavy atom. The van der Waals surface area contributed by atoms with Gasteiger partial charge in [0, 0.05) is 29.1 Å². The first-order chi connectivity index (χ1) is 16.0. The molecule has 5 fully saturated rings. The third kappa shape index (κ3) is 3.09. The van der Waals surface area contributed by atoms with Gasteiger partial charge in [-0.1, -0.05) is 32.9 Å². The van der Waals surface area contributed by atoms with Crippen molar-refractivity contribution < 1.29 is 34.8 Å². The lowest BCUT2D eigenvalue weighted by Crippen LogP contribution is -2.74. The van der Waals surface area contributed by atoms with Gasteiger partial charge in [0.05, 0.1) is 42.7 Å². The molecular formula is C25H40N2O7. The Labute approximate surface area is 200 Å². The Morgan fingerprint density at radius 1 is 1.21 bits per heavy atom. The highest BCUT2D eigenvalue weighted by Gasteiger charge is 2.72. The van der Waals surface area contributed by atoms with E-state index in [-0.39, 0.29) is 36.4 Å². The molecule has 2 saturated heterocycles. The molecule has 1 spiro atoms. The van der Waals surface area contributed by atoms with Crippen LogP contribution in [0.4, 0.5) is 0 Å². The van der Waals surface area contributed by atoms with Crippen LogP contribution in [0.25, 0.3) is 0 Å².